The first-order valence-electron chi connectivity index (χ1n) is 2.53. The fourth-order valence-electron chi connectivity index (χ4n) is 0.656. The maximum absolute atomic E-state index is 10.4. The molecule has 0 radical (unpaired) electrons. The number of ether oxygens (including phenoxy) is 1. The van der Waals surface area contributed by atoms with Gasteiger partial charge in [0, 0.05) is 0 Å². The molecule has 2 atom stereocenters. The molecule has 1 fully saturated rings. The second kappa shape index (κ2) is 2.64. The van der Waals surface area contributed by atoms with Crippen molar-refractivity contribution in [1.29, 1.82) is 0 Å². The highest BCUT2D eigenvalue weighted by atomic mass is 127. The summed E-state index contributed by atoms with van der Waals surface area (Å²) in [5, 5.41) is 0. The molecule has 0 spiro atoms. The average Bonchev–Trinajstić information content (AvgIpc) is 2.10. The number of rotatable bonds is 1. The van der Waals surface area contributed by atoms with Crippen LogP contribution in [0.4, 0.5) is 0 Å². The van der Waals surface area contributed by atoms with Crippen LogP contribution in [0.2, 0.25) is 0 Å². The topological polar surface area (TPSA) is 43.4 Å². The van der Waals surface area contributed by atoms with Gasteiger partial charge in [0.1, 0.15) is 6.29 Å². The summed E-state index contributed by atoms with van der Waals surface area (Å²) in [4.78, 5) is 20.6. The molecule has 1 rings (SSSR count). The third-order valence-corrected chi connectivity index (χ3v) is 2.34. The summed E-state index contributed by atoms with van der Waals surface area (Å²) in [6, 6.07) is 0. The van der Waals surface area contributed by atoms with Gasteiger partial charge in [-0.05, 0) is 22.6 Å². The van der Waals surface area contributed by atoms with E-state index in [0.717, 1.165) is 6.29 Å². The first kappa shape index (κ1) is 6.98. The van der Waals surface area contributed by atoms with Crippen LogP contribution in [0.1, 0.15) is 6.42 Å². The Bertz CT molecular complexity index is 145. The molecule has 0 saturated carbocycles. The monoisotopic (exact) mass is 240 g/mol. The van der Waals surface area contributed by atoms with Gasteiger partial charge >= 0.3 is 5.97 Å². The van der Waals surface area contributed by atoms with Crippen molar-refractivity contribution in [3.05, 3.63) is 0 Å². The van der Waals surface area contributed by atoms with Gasteiger partial charge in [-0.15, -0.1) is 0 Å². The van der Waals surface area contributed by atoms with Gasteiger partial charge in [0.15, 0.2) is 4.11 Å². The molecular weight excluding hydrogens is 235 g/mol. The van der Waals surface area contributed by atoms with E-state index in [1.165, 1.54) is 0 Å². The summed E-state index contributed by atoms with van der Waals surface area (Å²) in [6.07, 6.45) is 1.01. The van der Waals surface area contributed by atoms with Crippen LogP contribution in [0.15, 0.2) is 0 Å². The van der Waals surface area contributed by atoms with Crippen molar-refractivity contribution < 1.29 is 14.3 Å². The number of cyclic esters (lactones) is 1. The van der Waals surface area contributed by atoms with Crippen LogP contribution in [0, 0.1) is 5.92 Å². The number of aldehydes is 1. The van der Waals surface area contributed by atoms with Crippen LogP contribution in [0.3, 0.4) is 0 Å². The Labute approximate surface area is 65.9 Å². The molecule has 0 aromatic carbocycles. The van der Waals surface area contributed by atoms with Crippen molar-refractivity contribution in [3.63, 3.8) is 0 Å². The molecule has 3 nitrogen and oxygen atoms in total. The zero-order chi connectivity index (χ0) is 6.85. The summed E-state index contributed by atoms with van der Waals surface area (Å²) in [5.74, 6) is -0.496. The first-order chi connectivity index (χ1) is 4.24. The number of hydrogen-bond acceptors (Lipinski definition) is 3. The van der Waals surface area contributed by atoms with Crippen molar-refractivity contribution in [2.45, 2.75) is 10.5 Å². The van der Waals surface area contributed by atoms with Gasteiger partial charge in [-0.3, -0.25) is 4.79 Å². The van der Waals surface area contributed by atoms with Crippen molar-refractivity contribution in [1.82, 2.24) is 0 Å². The molecule has 1 aliphatic heterocycles. The van der Waals surface area contributed by atoms with E-state index in [1.54, 1.807) is 0 Å². The van der Waals surface area contributed by atoms with Crippen LogP contribution in [0.5, 0.6) is 0 Å². The van der Waals surface area contributed by atoms with Gasteiger partial charge in [0.25, 0.3) is 0 Å². The molecule has 0 bridgehead atoms. The Balaban J connectivity index is 2.57. The molecular formula is C5H5IO3. The van der Waals surface area contributed by atoms with E-state index < -0.39 is 0 Å². The van der Waals surface area contributed by atoms with Gasteiger partial charge in [0.05, 0.1) is 12.3 Å². The van der Waals surface area contributed by atoms with Crippen LogP contribution in [-0.4, -0.2) is 16.4 Å². The van der Waals surface area contributed by atoms with Gasteiger partial charge in [-0.25, -0.2) is 0 Å². The van der Waals surface area contributed by atoms with E-state index >= 15 is 0 Å². The van der Waals surface area contributed by atoms with Crippen molar-refractivity contribution in [3.8, 4) is 0 Å². The zero-order valence-electron chi connectivity index (χ0n) is 4.54. The van der Waals surface area contributed by atoms with Gasteiger partial charge in [-0.2, -0.15) is 0 Å². The average molecular weight is 240 g/mol. The lowest BCUT2D eigenvalue weighted by molar-refractivity contribution is -0.138. The molecule has 0 N–H and O–H groups in total. The molecule has 1 heterocycles. The highest BCUT2D eigenvalue weighted by molar-refractivity contribution is 14.1. The number of carbonyl (C=O) groups is 2. The maximum atomic E-state index is 10.4. The summed E-state index contributed by atoms with van der Waals surface area (Å²) < 4.78 is 4.44. The van der Waals surface area contributed by atoms with Gasteiger partial charge in [-0.1, -0.05) is 0 Å². The van der Waals surface area contributed by atoms with E-state index in [0.29, 0.717) is 0 Å². The SMILES string of the molecule is O=CC1CC(=O)OC1I. The van der Waals surface area contributed by atoms with Crippen LogP contribution in [-0.2, 0) is 14.3 Å². The Morgan fingerprint density at radius 1 is 1.78 bits per heavy atom. The molecule has 4 heteroatoms. The van der Waals surface area contributed by atoms with Crippen molar-refractivity contribution in [2.24, 2.45) is 5.92 Å². The number of carbonyl (C=O) groups excluding carboxylic acids is 2. The zero-order valence-corrected chi connectivity index (χ0v) is 6.70. The molecule has 0 aromatic rings. The minimum Gasteiger partial charge on any atom is -0.451 e. The first-order valence-corrected chi connectivity index (χ1v) is 3.77. The van der Waals surface area contributed by atoms with E-state index in [9.17, 15) is 9.59 Å². The van der Waals surface area contributed by atoms with Crippen LogP contribution < -0.4 is 0 Å². The highest BCUT2D eigenvalue weighted by Crippen LogP contribution is 2.24. The molecule has 2 unspecified atom stereocenters. The number of alkyl halides is 1. The Hall–Kier alpha value is -0.130. The second-order valence-electron chi connectivity index (χ2n) is 1.85. The van der Waals surface area contributed by atoms with E-state index in [4.69, 9.17) is 0 Å². The number of halogens is 1. The van der Waals surface area contributed by atoms with Crippen LogP contribution >= 0.6 is 22.6 Å². The summed E-state index contributed by atoms with van der Waals surface area (Å²) in [5.41, 5.74) is 0. The van der Waals surface area contributed by atoms with Crippen molar-refractivity contribution in [2.75, 3.05) is 0 Å². The molecule has 0 amide bonds. The van der Waals surface area contributed by atoms with E-state index in [-0.39, 0.29) is 22.4 Å². The molecule has 1 aliphatic rings. The Morgan fingerprint density at radius 2 is 2.44 bits per heavy atom. The Kier molecular flexibility index (Phi) is 2.05. The fraction of sp³-hybridized carbons (Fsp3) is 0.600. The Morgan fingerprint density at radius 3 is 2.67 bits per heavy atom. The minimum atomic E-state index is -0.272. The molecule has 0 aromatic heterocycles. The lowest BCUT2D eigenvalue weighted by Crippen LogP contribution is -2.07. The highest BCUT2D eigenvalue weighted by Gasteiger charge is 2.31. The third-order valence-electron chi connectivity index (χ3n) is 1.16. The predicted octanol–water partition coefficient (Wildman–Crippen LogP) is 0.509. The standard InChI is InChI=1S/C5H5IO3/c6-5-3(2-7)1-4(8)9-5/h2-3,5H,1H2. The van der Waals surface area contributed by atoms with E-state index in [2.05, 4.69) is 4.74 Å². The van der Waals surface area contributed by atoms with E-state index in [1.807, 2.05) is 22.6 Å². The summed E-state index contributed by atoms with van der Waals surface area (Å²) in [6.45, 7) is 0. The lowest BCUT2D eigenvalue weighted by atomic mass is 10.1. The molecule has 9 heavy (non-hydrogen) atoms. The molecule has 1 saturated heterocycles. The third kappa shape index (κ3) is 1.41. The quantitative estimate of drug-likeness (QED) is 0.290. The number of hydrogen-bond donors (Lipinski definition) is 0. The lowest BCUT2D eigenvalue weighted by Gasteiger charge is -2.00. The van der Waals surface area contributed by atoms with Gasteiger partial charge < -0.3 is 9.53 Å². The number of esters is 1. The molecule has 50 valence electrons. The normalized spacial score (nSPS) is 34.1. The largest absolute Gasteiger partial charge is 0.451 e. The second-order valence-corrected chi connectivity index (χ2v) is 3.07. The van der Waals surface area contributed by atoms with Gasteiger partial charge in [0.2, 0.25) is 0 Å². The molecule has 0 aliphatic carbocycles. The minimum absolute atomic E-state index is 0.224. The predicted molar refractivity (Wildman–Crippen MR) is 38.1 cm³/mol. The smallest absolute Gasteiger partial charge is 0.307 e. The maximum Gasteiger partial charge on any atom is 0.307 e. The van der Waals surface area contributed by atoms with Crippen molar-refractivity contribution >= 4 is 34.8 Å². The van der Waals surface area contributed by atoms with Crippen LogP contribution in [0.25, 0.3) is 0 Å². The summed E-state index contributed by atoms with van der Waals surface area (Å²) in [7, 11) is 0. The summed E-state index contributed by atoms with van der Waals surface area (Å²) >= 11 is 1.93. The fourth-order valence-corrected chi connectivity index (χ4v) is 1.36.